The first-order valence-electron chi connectivity index (χ1n) is 9.48. The Bertz CT molecular complexity index is 938. The molecule has 0 spiro atoms. The van der Waals surface area contributed by atoms with Gasteiger partial charge in [0.25, 0.3) is 5.91 Å². The van der Waals surface area contributed by atoms with Crippen molar-refractivity contribution in [3.05, 3.63) is 72.3 Å². The third kappa shape index (κ3) is 4.45. The number of para-hydroxylation sites is 1. The Morgan fingerprint density at radius 3 is 2.17 bits per heavy atom. The predicted octanol–water partition coefficient (Wildman–Crippen LogP) is 3.24. The van der Waals surface area contributed by atoms with E-state index in [1.54, 1.807) is 31.4 Å². The highest BCUT2D eigenvalue weighted by molar-refractivity contribution is 5.94. The Hall–Kier alpha value is -3.61. The molecule has 2 aromatic carbocycles. The van der Waals surface area contributed by atoms with Crippen LogP contribution in [-0.2, 0) is 0 Å². The third-order valence-corrected chi connectivity index (χ3v) is 4.82. The summed E-state index contributed by atoms with van der Waals surface area (Å²) < 4.78 is 10.8. The van der Waals surface area contributed by atoms with Gasteiger partial charge >= 0.3 is 0 Å². The van der Waals surface area contributed by atoms with Crippen molar-refractivity contribution in [1.82, 2.24) is 15.1 Å². The molecule has 0 saturated carbocycles. The average molecular weight is 390 g/mol. The largest absolute Gasteiger partial charge is 0.497 e. The lowest BCUT2D eigenvalue weighted by atomic mass is 10.1. The molecule has 1 aliphatic heterocycles. The van der Waals surface area contributed by atoms with Gasteiger partial charge in [0.05, 0.1) is 7.11 Å². The molecule has 1 fully saturated rings. The smallest absolute Gasteiger partial charge is 0.253 e. The van der Waals surface area contributed by atoms with Gasteiger partial charge < -0.3 is 19.3 Å². The second kappa shape index (κ2) is 8.60. The molecule has 148 valence electrons. The topological polar surface area (TPSA) is 67.8 Å². The average Bonchev–Trinajstić information content (AvgIpc) is 2.80. The van der Waals surface area contributed by atoms with Crippen LogP contribution >= 0.6 is 0 Å². The van der Waals surface area contributed by atoms with Gasteiger partial charge in [-0.1, -0.05) is 18.2 Å². The molecule has 0 bridgehead atoms. The van der Waals surface area contributed by atoms with Gasteiger partial charge in [0.2, 0.25) is 5.88 Å². The van der Waals surface area contributed by atoms with Crippen molar-refractivity contribution >= 4 is 11.7 Å². The normalized spacial score (nSPS) is 13.8. The molecule has 1 amide bonds. The summed E-state index contributed by atoms with van der Waals surface area (Å²) in [7, 11) is 1.61. The number of aromatic nitrogens is 2. The molecule has 1 aliphatic rings. The van der Waals surface area contributed by atoms with Crippen LogP contribution in [0.2, 0.25) is 0 Å². The molecule has 0 atom stereocenters. The fraction of sp³-hybridized carbons (Fsp3) is 0.227. The number of ether oxygens (including phenoxy) is 2. The second-order valence-corrected chi connectivity index (χ2v) is 6.65. The van der Waals surface area contributed by atoms with Gasteiger partial charge in [-0.3, -0.25) is 4.79 Å². The van der Waals surface area contributed by atoms with E-state index in [1.807, 2.05) is 47.4 Å². The van der Waals surface area contributed by atoms with Crippen molar-refractivity contribution in [1.29, 1.82) is 0 Å². The molecular formula is C22H22N4O3. The quantitative estimate of drug-likeness (QED) is 0.666. The summed E-state index contributed by atoms with van der Waals surface area (Å²) in [5.41, 5.74) is 0.668. The Labute approximate surface area is 169 Å². The summed E-state index contributed by atoms with van der Waals surface area (Å²) >= 11 is 0. The molecule has 0 radical (unpaired) electrons. The van der Waals surface area contributed by atoms with E-state index in [-0.39, 0.29) is 5.91 Å². The highest BCUT2D eigenvalue weighted by atomic mass is 16.5. The molecule has 1 saturated heterocycles. The minimum Gasteiger partial charge on any atom is -0.497 e. The number of methoxy groups -OCH3 is 1. The number of anilines is 1. The highest BCUT2D eigenvalue weighted by Crippen LogP contribution is 2.21. The van der Waals surface area contributed by atoms with Crippen LogP contribution in [0, 0.1) is 0 Å². The van der Waals surface area contributed by atoms with E-state index in [9.17, 15) is 4.79 Å². The Balaban J connectivity index is 1.33. The van der Waals surface area contributed by atoms with Crippen molar-refractivity contribution < 1.29 is 14.3 Å². The first kappa shape index (κ1) is 18.7. The Morgan fingerprint density at radius 1 is 0.828 bits per heavy atom. The first-order chi connectivity index (χ1) is 14.2. The number of rotatable bonds is 5. The third-order valence-electron chi connectivity index (χ3n) is 4.82. The maximum absolute atomic E-state index is 12.7. The van der Waals surface area contributed by atoms with Crippen LogP contribution in [0.4, 0.5) is 5.82 Å². The molecule has 7 nitrogen and oxygen atoms in total. The van der Waals surface area contributed by atoms with E-state index in [1.165, 1.54) is 0 Å². The summed E-state index contributed by atoms with van der Waals surface area (Å²) in [5, 5.41) is 8.44. The van der Waals surface area contributed by atoms with Crippen LogP contribution in [0.15, 0.2) is 66.7 Å². The van der Waals surface area contributed by atoms with Crippen LogP contribution < -0.4 is 14.4 Å². The Kier molecular flexibility index (Phi) is 5.56. The highest BCUT2D eigenvalue weighted by Gasteiger charge is 2.23. The van der Waals surface area contributed by atoms with E-state index >= 15 is 0 Å². The molecule has 4 rings (SSSR count). The number of piperazine rings is 1. The Morgan fingerprint density at radius 2 is 1.55 bits per heavy atom. The summed E-state index contributed by atoms with van der Waals surface area (Å²) in [5.74, 6) is 2.73. The van der Waals surface area contributed by atoms with Crippen molar-refractivity contribution in [2.45, 2.75) is 0 Å². The second-order valence-electron chi connectivity index (χ2n) is 6.65. The van der Waals surface area contributed by atoms with Crippen molar-refractivity contribution in [3.63, 3.8) is 0 Å². The van der Waals surface area contributed by atoms with E-state index in [4.69, 9.17) is 9.47 Å². The summed E-state index contributed by atoms with van der Waals surface area (Å²) in [4.78, 5) is 16.7. The first-order valence-corrected chi connectivity index (χ1v) is 9.48. The monoisotopic (exact) mass is 390 g/mol. The van der Waals surface area contributed by atoms with Crippen molar-refractivity contribution in [2.75, 3.05) is 38.2 Å². The summed E-state index contributed by atoms with van der Waals surface area (Å²) in [6.07, 6.45) is 0. The molecule has 0 N–H and O–H groups in total. The number of nitrogens with zero attached hydrogens (tertiary/aromatic N) is 4. The van der Waals surface area contributed by atoms with Crippen LogP contribution in [-0.4, -0.2) is 54.3 Å². The van der Waals surface area contributed by atoms with Crippen molar-refractivity contribution in [2.24, 2.45) is 0 Å². The number of benzene rings is 2. The summed E-state index contributed by atoms with van der Waals surface area (Å²) in [6, 6.07) is 20.4. The van der Waals surface area contributed by atoms with Crippen molar-refractivity contribution in [3.8, 4) is 17.4 Å². The van der Waals surface area contributed by atoms with Crippen LogP contribution in [0.25, 0.3) is 0 Å². The minimum atomic E-state index is 0.0324. The zero-order valence-corrected chi connectivity index (χ0v) is 16.2. The van der Waals surface area contributed by atoms with Gasteiger partial charge in [-0.2, -0.15) is 0 Å². The zero-order valence-electron chi connectivity index (χ0n) is 16.2. The molecule has 3 aromatic rings. The van der Waals surface area contributed by atoms with Crippen LogP contribution in [0.1, 0.15) is 10.4 Å². The standard InChI is InChI=1S/C22H22N4O3/c1-28-18-9-7-17(8-10-18)22(27)26-15-13-25(14-16-26)20-11-12-21(24-23-20)29-19-5-3-2-4-6-19/h2-12H,13-16H2,1H3. The van der Waals surface area contributed by atoms with Crippen LogP contribution in [0.3, 0.4) is 0 Å². The number of hydrogen-bond acceptors (Lipinski definition) is 6. The molecule has 2 heterocycles. The maximum atomic E-state index is 12.7. The lowest BCUT2D eigenvalue weighted by Gasteiger charge is -2.35. The zero-order chi connectivity index (χ0) is 20.1. The molecular weight excluding hydrogens is 368 g/mol. The van der Waals surface area contributed by atoms with Gasteiger partial charge in [0.1, 0.15) is 11.5 Å². The number of amides is 1. The van der Waals surface area contributed by atoms with Gasteiger partial charge in [-0.05, 0) is 42.5 Å². The van der Waals surface area contributed by atoms with Crippen LogP contribution in [0.5, 0.6) is 17.4 Å². The lowest BCUT2D eigenvalue weighted by Crippen LogP contribution is -2.49. The minimum absolute atomic E-state index is 0.0324. The molecule has 0 unspecified atom stereocenters. The predicted molar refractivity (Wildman–Crippen MR) is 110 cm³/mol. The summed E-state index contributed by atoms with van der Waals surface area (Å²) in [6.45, 7) is 2.68. The fourth-order valence-electron chi connectivity index (χ4n) is 3.20. The van der Waals surface area contributed by atoms with Gasteiger partial charge in [-0.25, -0.2) is 0 Å². The molecule has 0 aliphatic carbocycles. The SMILES string of the molecule is COc1ccc(C(=O)N2CCN(c3ccc(Oc4ccccc4)nn3)CC2)cc1. The number of carbonyl (C=O) groups is 1. The molecule has 1 aromatic heterocycles. The van der Waals surface area contributed by atoms with E-state index < -0.39 is 0 Å². The molecule has 29 heavy (non-hydrogen) atoms. The lowest BCUT2D eigenvalue weighted by molar-refractivity contribution is 0.0746. The van der Waals surface area contributed by atoms with Gasteiger partial charge in [-0.15, -0.1) is 10.2 Å². The van der Waals surface area contributed by atoms with Gasteiger partial charge in [0, 0.05) is 37.8 Å². The fourth-order valence-corrected chi connectivity index (χ4v) is 3.20. The van der Waals surface area contributed by atoms with E-state index in [0.717, 1.165) is 17.3 Å². The number of hydrogen-bond donors (Lipinski definition) is 0. The molecule has 7 heteroatoms. The number of carbonyl (C=O) groups excluding carboxylic acids is 1. The van der Waals surface area contributed by atoms with E-state index in [2.05, 4.69) is 15.1 Å². The maximum Gasteiger partial charge on any atom is 0.253 e. The van der Waals surface area contributed by atoms with Gasteiger partial charge in [0.15, 0.2) is 5.82 Å². The van der Waals surface area contributed by atoms with E-state index in [0.29, 0.717) is 37.6 Å².